The first-order chi connectivity index (χ1) is 14.5. The minimum atomic E-state index is -1.15. The van der Waals surface area contributed by atoms with Crippen molar-refractivity contribution >= 4 is 46.8 Å². The van der Waals surface area contributed by atoms with E-state index in [-0.39, 0.29) is 24.3 Å². The summed E-state index contributed by atoms with van der Waals surface area (Å²) in [5.41, 5.74) is 0.458. The van der Waals surface area contributed by atoms with Gasteiger partial charge in [-0.15, -0.1) is 0 Å². The van der Waals surface area contributed by atoms with Crippen LogP contribution in [0.25, 0.3) is 6.08 Å². The van der Waals surface area contributed by atoms with Gasteiger partial charge in [0.1, 0.15) is 5.54 Å². The Morgan fingerprint density at radius 3 is 2.40 bits per heavy atom. The van der Waals surface area contributed by atoms with Gasteiger partial charge in [-0.3, -0.25) is 14.5 Å². The molecule has 2 aromatic carbocycles. The second kappa shape index (κ2) is 8.83. The third-order valence-electron chi connectivity index (χ3n) is 5.89. The van der Waals surface area contributed by atoms with Crippen LogP contribution in [-0.4, -0.2) is 28.3 Å². The molecule has 0 unspecified atom stereocenters. The molecule has 156 valence electrons. The third kappa shape index (κ3) is 4.26. The first-order valence-corrected chi connectivity index (χ1v) is 11.1. The molecule has 2 aromatic rings. The third-order valence-corrected chi connectivity index (χ3v) is 6.62. The van der Waals surface area contributed by atoms with Crippen LogP contribution in [0.5, 0.6) is 0 Å². The summed E-state index contributed by atoms with van der Waals surface area (Å²) in [4.78, 5) is 28.2. The summed E-state index contributed by atoms with van der Waals surface area (Å²) >= 11 is 12.2. The number of rotatable bonds is 5. The number of amides is 2. The zero-order valence-corrected chi connectivity index (χ0v) is 18.1. The number of nitrogens with zero attached hydrogens (tertiary/aromatic N) is 1. The average molecular weight is 443 g/mol. The van der Waals surface area contributed by atoms with Gasteiger partial charge in [-0.25, -0.2) is 0 Å². The lowest BCUT2D eigenvalue weighted by molar-refractivity contribution is -0.142. The monoisotopic (exact) mass is 442 g/mol. The van der Waals surface area contributed by atoms with E-state index in [1.54, 1.807) is 18.2 Å². The Balaban J connectivity index is 1.69. The Hall–Kier alpha value is -2.30. The smallest absolute Gasteiger partial charge is 0.259 e. The number of carbonyl (C=O) groups excluding carboxylic acids is 2. The van der Waals surface area contributed by atoms with Gasteiger partial charge < -0.3 is 5.32 Å². The zero-order chi connectivity index (χ0) is 21.1. The molecule has 1 aliphatic carbocycles. The van der Waals surface area contributed by atoms with E-state index in [1.807, 2.05) is 42.5 Å². The second-order valence-electron chi connectivity index (χ2n) is 8.01. The molecule has 1 saturated heterocycles. The zero-order valence-electron chi connectivity index (χ0n) is 16.6. The largest absolute Gasteiger partial charge is 0.368 e. The molecule has 0 bridgehead atoms. The molecule has 1 atom stereocenters. The van der Waals surface area contributed by atoms with Crippen molar-refractivity contribution in [3.8, 4) is 0 Å². The molecule has 6 heteroatoms. The normalized spacial score (nSPS) is 22.8. The van der Waals surface area contributed by atoms with Crippen LogP contribution in [0.1, 0.15) is 44.1 Å². The minimum Gasteiger partial charge on any atom is -0.368 e. The van der Waals surface area contributed by atoms with Crippen molar-refractivity contribution in [1.82, 2.24) is 4.90 Å². The predicted octanol–water partition coefficient (Wildman–Crippen LogP) is 5.95. The van der Waals surface area contributed by atoms with Crippen LogP contribution >= 0.6 is 23.2 Å². The van der Waals surface area contributed by atoms with Crippen molar-refractivity contribution in [2.45, 2.75) is 50.1 Å². The molecule has 1 N–H and O–H groups in total. The fourth-order valence-corrected chi connectivity index (χ4v) is 4.64. The van der Waals surface area contributed by atoms with E-state index in [1.165, 1.54) is 4.90 Å². The number of halogens is 2. The summed E-state index contributed by atoms with van der Waals surface area (Å²) in [6, 6.07) is 14.9. The van der Waals surface area contributed by atoms with Crippen molar-refractivity contribution in [3.05, 3.63) is 70.2 Å². The van der Waals surface area contributed by atoms with Gasteiger partial charge in [-0.05, 0) is 42.7 Å². The van der Waals surface area contributed by atoms with E-state index in [9.17, 15) is 9.59 Å². The Kier molecular flexibility index (Phi) is 6.16. The van der Waals surface area contributed by atoms with Crippen molar-refractivity contribution in [2.75, 3.05) is 5.32 Å². The van der Waals surface area contributed by atoms with Crippen LogP contribution in [0.4, 0.5) is 5.69 Å². The van der Waals surface area contributed by atoms with Gasteiger partial charge in [-0.2, -0.15) is 0 Å². The molecular weight excluding hydrogens is 419 g/mol. The summed E-state index contributed by atoms with van der Waals surface area (Å²) in [5, 5.41) is 4.13. The Labute approximate surface area is 186 Å². The summed E-state index contributed by atoms with van der Waals surface area (Å²) < 4.78 is 0. The SMILES string of the molecule is O=C1C[C@@](/C=C/c2ccccc2)(Nc2ccc(Cl)c(Cl)c2)C(=O)N1C1CCCCC1. The minimum absolute atomic E-state index is 0.0126. The molecule has 1 heterocycles. The van der Waals surface area contributed by atoms with E-state index >= 15 is 0 Å². The second-order valence-corrected chi connectivity index (χ2v) is 8.82. The summed E-state index contributed by atoms with van der Waals surface area (Å²) in [7, 11) is 0. The highest BCUT2D eigenvalue weighted by Crippen LogP contribution is 2.36. The number of likely N-dealkylation sites (tertiary alicyclic amines) is 1. The highest BCUT2D eigenvalue weighted by Gasteiger charge is 2.52. The molecule has 0 radical (unpaired) electrons. The topological polar surface area (TPSA) is 49.4 Å². The van der Waals surface area contributed by atoms with Crippen LogP contribution in [0, 0.1) is 0 Å². The van der Waals surface area contributed by atoms with Gasteiger partial charge in [0.15, 0.2) is 0 Å². The highest BCUT2D eigenvalue weighted by molar-refractivity contribution is 6.42. The number of hydrogen-bond donors (Lipinski definition) is 1. The summed E-state index contributed by atoms with van der Waals surface area (Å²) in [6.07, 6.45) is 8.79. The maximum Gasteiger partial charge on any atom is 0.259 e. The van der Waals surface area contributed by atoms with Gasteiger partial charge in [0.2, 0.25) is 5.91 Å². The quantitative estimate of drug-likeness (QED) is 0.581. The number of benzene rings is 2. The summed E-state index contributed by atoms with van der Waals surface area (Å²) in [6.45, 7) is 0. The molecule has 2 fully saturated rings. The number of imide groups is 1. The molecule has 0 spiro atoms. The maximum absolute atomic E-state index is 13.6. The standard InChI is InChI=1S/C24H24Cl2N2O2/c25-20-12-11-18(15-21(20)26)27-24(14-13-17-7-3-1-4-8-17)16-22(29)28(23(24)30)19-9-5-2-6-10-19/h1,3-4,7-8,11-15,19,27H,2,5-6,9-10,16H2/b14-13+/t24-/m1/s1. The van der Waals surface area contributed by atoms with Gasteiger partial charge in [-0.1, -0.05) is 78.9 Å². The van der Waals surface area contributed by atoms with Gasteiger partial charge >= 0.3 is 0 Å². The molecule has 4 nitrogen and oxygen atoms in total. The Morgan fingerprint density at radius 1 is 0.967 bits per heavy atom. The predicted molar refractivity (Wildman–Crippen MR) is 122 cm³/mol. The van der Waals surface area contributed by atoms with Crippen molar-refractivity contribution in [3.63, 3.8) is 0 Å². The lowest BCUT2D eigenvalue weighted by Gasteiger charge is -2.32. The number of anilines is 1. The van der Waals surface area contributed by atoms with E-state index in [0.29, 0.717) is 15.7 Å². The number of hydrogen-bond acceptors (Lipinski definition) is 3. The van der Waals surface area contributed by atoms with Crippen molar-refractivity contribution in [1.29, 1.82) is 0 Å². The van der Waals surface area contributed by atoms with E-state index < -0.39 is 5.54 Å². The van der Waals surface area contributed by atoms with E-state index in [4.69, 9.17) is 23.2 Å². The molecule has 0 aromatic heterocycles. The van der Waals surface area contributed by atoms with Gasteiger partial charge in [0.05, 0.1) is 16.5 Å². The van der Waals surface area contributed by atoms with Crippen molar-refractivity contribution < 1.29 is 9.59 Å². The lowest BCUT2D eigenvalue weighted by Crippen LogP contribution is -2.48. The maximum atomic E-state index is 13.6. The van der Waals surface area contributed by atoms with E-state index in [0.717, 1.165) is 37.7 Å². The highest BCUT2D eigenvalue weighted by atomic mass is 35.5. The van der Waals surface area contributed by atoms with Crippen molar-refractivity contribution in [2.24, 2.45) is 0 Å². The molecule has 1 saturated carbocycles. The lowest BCUT2D eigenvalue weighted by atomic mass is 9.93. The summed E-state index contributed by atoms with van der Waals surface area (Å²) in [5.74, 6) is -0.324. The van der Waals surface area contributed by atoms with Crippen LogP contribution in [0.3, 0.4) is 0 Å². The molecule has 2 aliphatic rings. The van der Waals surface area contributed by atoms with Crippen LogP contribution in [0.15, 0.2) is 54.6 Å². The molecule has 1 aliphatic heterocycles. The number of nitrogens with one attached hydrogen (secondary N) is 1. The fourth-order valence-electron chi connectivity index (χ4n) is 4.34. The first-order valence-electron chi connectivity index (χ1n) is 10.3. The number of carbonyl (C=O) groups is 2. The van der Waals surface area contributed by atoms with Crippen LogP contribution in [0.2, 0.25) is 10.0 Å². The fraction of sp³-hybridized carbons (Fsp3) is 0.333. The average Bonchev–Trinajstić information content (AvgIpc) is 3.00. The molecule has 2 amide bonds. The molecule has 4 rings (SSSR count). The van der Waals surface area contributed by atoms with Gasteiger partial charge in [0.25, 0.3) is 5.91 Å². The van der Waals surface area contributed by atoms with E-state index in [2.05, 4.69) is 5.32 Å². The van der Waals surface area contributed by atoms with Crippen LogP contribution in [-0.2, 0) is 9.59 Å². The Morgan fingerprint density at radius 2 is 1.70 bits per heavy atom. The van der Waals surface area contributed by atoms with Gasteiger partial charge in [0, 0.05) is 11.7 Å². The molecular formula is C24H24Cl2N2O2. The molecule has 30 heavy (non-hydrogen) atoms. The Bertz CT molecular complexity index is 970. The first kappa shape index (κ1) is 21.0. The van der Waals surface area contributed by atoms with Crippen LogP contribution < -0.4 is 5.32 Å².